The summed E-state index contributed by atoms with van der Waals surface area (Å²) >= 11 is 0. The lowest BCUT2D eigenvalue weighted by atomic mass is 9.96. The van der Waals surface area contributed by atoms with Crippen molar-refractivity contribution in [2.45, 2.75) is 62.8 Å². The van der Waals surface area contributed by atoms with Gasteiger partial charge in [0, 0.05) is 6.04 Å². The van der Waals surface area contributed by atoms with E-state index in [2.05, 4.69) is 10.6 Å². The molecule has 106 valence electrons. The number of rotatable bonds is 3. The Morgan fingerprint density at radius 1 is 1.05 bits per heavy atom. The molecule has 3 fully saturated rings. The lowest BCUT2D eigenvalue weighted by molar-refractivity contribution is -0.142. The van der Waals surface area contributed by atoms with Crippen molar-refractivity contribution in [1.29, 1.82) is 0 Å². The van der Waals surface area contributed by atoms with Gasteiger partial charge in [0.25, 0.3) is 0 Å². The van der Waals surface area contributed by atoms with E-state index >= 15 is 0 Å². The van der Waals surface area contributed by atoms with Gasteiger partial charge >= 0.3 is 12.0 Å². The first-order valence-corrected chi connectivity index (χ1v) is 7.09. The Morgan fingerprint density at radius 3 is 2.47 bits per heavy atom. The Labute approximate surface area is 111 Å². The molecular weight excluding hydrogens is 248 g/mol. The largest absolute Gasteiger partial charge is 0.481 e. The van der Waals surface area contributed by atoms with E-state index in [-0.39, 0.29) is 24.2 Å². The van der Waals surface area contributed by atoms with Gasteiger partial charge in [0.1, 0.15) is 0 Å². The number of carboxylic acid groups (broad SMARTS) is 1. The van der Waals surface area contributed by atoms with Gasteiger partial charge in [-0.15, -0.1) is 0 Å². The van der Waals surface area contributed by atoms with Gasteiger partial charge in [0.2, 0.25) is 0 Å². The van der Waals surface area contributed by atoms with E-state index in [0.29, 0.717) is 12.5 Å². The molecule has 0 aromatic heterocycles. The Morgan fingerprint density at radius 2 is 1.84 bits per heavy atom. The SMILES string of the molecule is O=C(NC1CC2CCC1O2)NC1CCCC1C(=O)O. The van der Waals surface area contributed by atoms with Crippen LogP contribution in [0.15, 0.2) is 0 Å². The van der Waals surface area contributed by atoms with Crippen LogP contribution >= 0.6 is 0 Å². The Kier molecular flexibility index (Phi) is 3.35. The van der Waals surface area contributed by atoms with Crippen molar-refractivity contribution < 1.29 is 19.4 Å². The maximum atomic E-state index is 11.9. The number of amides is 2. The molecule has 5 atom stereocenters. The van der Waals surface area contributed by atoms with Crippen LogP contribution in [0.5, 0.6) is 0 Å². The lowest BCUT2D eigenvalue weighted by Crippen LogP contribution is -2.50. The van der Waals surface area contributed by atoms with E-state index in [1.807, 2.05) is 0 Å². The van der Waals surface area contributed by atoms with E-state index in [9.17, 15) is 9.59 Å². The molecule has 5 unspecified atom stereocenters. The molecule has 19 heavy (non-hydrogen) atoms. The van der Waals surface area contributed by atoms with Gasteiger partial charge < -0.3 is 20.5 Å². The molecule has 2 amide bonds. The summed E-state index contributed by atoms with van der Waals surface area (Å²) in [5.41, 5.74) is 0. The lowest BCUT2D eigenvalue weighted by Gasteiger charge is -2.23. The monoisotopic (exact) mass is 268 g/mol. The van der Waals surface area contributed by atoms with Gasteiger partial charge in [-0.1, -0.05) is 6.42 Å². The van der Waals surface area contributed by atoms with Crippen LogP contribution in [-0.2, 0) is 9.53 Å². The zero-order valence-electron chi connectivity index (χ0n) is 10.8. The first-order valence-electron chi connectivity index (χ1n) is 7.09. The van der Waals surface area contributed by atoms with E-state index in [0.717, 1.165) is 32.1 Å². The number of carbonyl (C=O) groups is 2. The normalized spacial score (nSPS) is 40.3. The minimum Gasteiger partial charge on any atom is -0.481 e. The van der Waals surface area contributed by atoms with Gasteiger partial charge in [0.15, 0.2) is 0 Å². The van der Waals surface area contributed by atoms with Gasteiger partial charge in [-0.05, 0) is 32.1 Å². The summed E-state index contributed by atoms with van der Waals surface area (Å²) in [4.78, 5) is 23.0. The first-order chi connectivity index (χ1) is 9.13. The fourth-order valence-electron chi connectivity index (χ4n) is 3.60. The topological polar surface area (TPSA) is 87.7 Å². The highest BCUT2D eigenvalue weighted by molar-refractivity contribution is 5.77. The summed E-state index contributed by atoms with van der Waals surface area (Å²) in [5, 5.41) is 14.8. The summed E-state index contributed by atoms with van der Waals surface area (Å²) in [6, 6.07) is -0.403. The molecule has 0 radical (unpaired) electrons. The Balaban J connectivity index is 1.50. The molecule has 6 heteroatoms. The molecule has 1 saturated carbocycles. The molecular formula is C13H20N2O4. The second-order valence-corrected chi connectivity index (χ2v) is 5.82. The molecule has 1 aliphatic carbocycles. The molecule has 3 aliphatic rings. The number of nitrogens with one attached hydrogen (secondary N) is 2. The summed E-state index contributed by atoms with van der Waals surface area (Å²) in [5.74, 6) is -1.26. The fraction of sp³-hybridized carbons (Fsp3) is 0.846. The fourth-order valence-corrected chi connectivity index (χ4v) is 3.60. The third kappa shape index (κ3) is 2.54. The van der Waals surface area contributed by atoms with Crippen molar-refractivity contribution in [2.24, 2.45) is 5.92 Å². The second kappa shape index (κ2) is 5.00. The van der Waals surface area contributed by atoms with Crippen LogP contribution in [-0.4, -0.2) is 41.4 Å². The highest BCUT2D eigenvalue weighted by Crippen LogP contribution is 2.34. The van der Waals surface area contributed by atoms with Crippen LogP contribution in [0, 0.1) is 5.92 Å². The van der Waals surface area contributed by atoms with Crippen molar-refractivity contribution in [2.75, 3.05) is 0 Å². The van der Waals surface area contributed by atoms with Crippen LogP contribution in [0.4, 0.5) is 4.79 Å². The number of fused-ring (bicyclic) bond motifs is 2. The minimum atomic E-state index is -0.814. The van der Waals surface area contributed by atoms with Crippen molar-refractivity contribution in [3.05, 3.63) is 0 Å². The van der Waals surface area contributed by atoms with Crippen LogP contribution in [0.1, 0.15) is 38.5 Å². The predicted octanol–water partition coefficient (Wildman–Crippen LogP) is 0.859. The number of aliphatic carboxylic acids is 1. The van der Waals surface area contributed by atoms with E-state index in [1.165, 1.54) is 0 Å². The summed E-state index contributed by atoms with van der Waals surface area (Å²) in [7, 11) is 0. The number of ether oxygens (including phenoxy) is 1. The number of hydrogen-bond acceptors (Lipinski definition) is 3. The average Bonchev–Trinajstić information content (AvgIpc) is 3.03. The zero-order chi connectivity index (χ0) is 13.4. The third-order valence-corrected chi connectivity index (χ3v) is 4.57. The molecule has 2 saturated heterocycles. The first kappa shape index (κ1) is 12.7. The van der Waals surface area contributed by atoms with Crippen LogP contribution < -0.4 is 10.6 Å². The highest BCUT2D eigenvalue weighted by atomic mass is 16.5. The Bertz CT molecular complexity index is 387. The summed E-state index contributed by atoms with van der Waals surface area (Å²) < 4.78 is 5.68. The molecule has 3 N–H and O–H groups in total. The summed E-state index contributed by atoms with van der Waals surface area (Å²) in [6.45, 7) is 0. The van der Waals surface area contributed by atoms with Crippen LogP contribution in [0.2, 0.25) is 0 Å². The van der Waals surface area contributed by atoms with Gasteiger partial charge in [-0.2, -0.15) is 0 Å². The van der Waals surface area contributed by atoms with E-state index in [1.54, 1.807) is 0 Å². The molecule has 0 spiro atoms. The molecule has 2 aliphatic heterocycles. The third-order valence-electron chi connectivity index (χ3n) is 4.57. The van der Waals surface area contributed by atoms with E-state index in [4.69, 9.17) is 9.84 Å². The quantitative estimate of drug-likeness (QED) is 0.708. The molecule has 6 nitrogen and oxygen atoms in total. The number of carbonyl (C=O) groups excluding carboxylic acids is 1. The van der Waals surface area contributed by atoms with E-state index < -0.39 is 11.9 Å². The predicted molar refractivity (Wildman–Crippen MR) is 66.7 cm³/mol. The molecule has 0 aromatic carbocycles. The highest BCUT2D eigenvalue weighted by Gasteiger charge is 2.42. The van der Waals surface area contributed by atoms with Gasteiger partial charge in [-0.3, -0.25) is 4.79 Å². The van der Waals surface area contributed by atoms with Crippen molar-refractivity contribution in [3.63, 3.8) is 0 Å². The van der Waals surface area contributed by atoms with Crippen LogP contribution in [0.3, 0.4) is 0 Å². The summed E-state index contributed by atoms with van der Waals surface area (Å²) in [6.07, 6.45) is 5.69. The maximum Gasteiger partial charge on any atom is 0.315 e. The zero-order valence-corrected chi connectivity index (χ0v) is 10.8. The smallest absolute Gasteiger partial charge is 0.315 e. The minimum absolute atomic E-state index is 0.0865. The molecule has 0 aromatic rings. The number of hydrogen-bond donors (Lipinski definition) is 3. The Hall–Kier alpha value is -1.30. The molecule has 2 bridgehead atoms. The molecule has 3 rings (SSSR count). The number of urea groups is 1. The molecule has 2 heterocycles. The van der Waals surface area contributed by atoms with Crippen molar-refractivity contribution >= 4 is 12.0 Å². The standard InChI is InChI=1S/C13H20N2O4/c16-12(17)8-2-1-3-9(8)14-13(18)15-10-6-7-4-5-11(10)19-7/h7-11H,1-6H2,(H,16,17)(H2,14,15,18). The van der Waals surface area contributed by atoms with Gasteiger partial charge in [-0.25, -0.2) is 4.79 Å². The maximum absolute atomic E-state index is 11.9. The average molecular weight is 268 g/mol. The van der Waals surface area contributed by atoms with Crippen LogP contribution in [0.25, 0.3) is 0 Å². The number of carboxylic acids is 1. The second-order valence-electron chi connectivity index (χ2n) is 5.82. The van der Waals surface area contributed by atoms with Gasteiger partial charge in [0.05, 0.1) is 24.2 Å². The van der Waals surface area contributed by atoms with Crippen molar-refractivity contribution in [1.82, 2.24) is 10.6 Å². The van der Waals surface area contributed by atoms with Crippen molar-refractivity contribution in [3.8, 4) is 0 Å².